The van der Waals surface area contributed by atoms with E-state index in [1.807, 2.05) is 55.5 Å². The van der Waals surface area contributed by atoms with Crippen LogP contribution in [0, 0.1) is 6.92 Å². The van der Waals surface area contributed by atoms with Crippen molar-refractivity contribution in [2.45, 2.75) is 6.92 Å². The van der Waals surface area contributed by atoms with Crippen molar-refractivity contribution in [1.82, 2.24) is 15.0 Å². The lowest BCUT2D eigenvalue weighted by Gasteiger charge is -2.27. The number of hydrogen-bond acceptors (Lipinski definition) is 5. The molecule has 0 saturated carbocycles. The molecule has 1 fully saturated rings. The van der Waals surface area contributed by atoms with Gasteiger partial charge in [0.2, 0.25) is 0 Å². The number of aryl methyl sites for hydroxylation is 1. The summed E-state index contributed by atoms with van der Waals surface area (Å²) in [5.74, 6) is 0.923. The lowest BCUT2D eigenvalue weighted by Crippen LogP contribution is -2.36. The molecule has 3 N–H and O–H groups in total. The Balaban J connectivity index is 1.31. The van der Waals surface area contributed by atoms with Crippen LogP contribution < -0.4 is 15.5 Å². The normalized spacial score (nSPS) is 13.8. The molecule has 0 atom stereocenters. The lowest BCUT2D eigenvalue weighted by molar-refractivity contribution is 0.122. The van der Waals surface area contributed by atoms with Gasteiger partial charge in [-0.2, -0.15) is 0 Å². The van der Waals surface area contributed by atoms with E-state index in [1.165, 1.54) is 0 Å². The maximum Gasteiger partial charge on any atom is 0.323 e. The molecule has 2 aromatic carbocycles. The van der Waals surface area contributed by atoms with Gasteiger partial charge in [0, 0.05) is 30.2 Å². The largest absolute Gasteiger partial charge is 0.378 e. The number of nitrogens with zero attached hydrogens (tertiary/aromatic N) is 3. The second kappa shape index (κ2) is 8.68. The summed E-state index contributed by atoms with van der Waals surface area (Å²) in [6.45, 7) is 5.05. The third kappa shape index (κ3) is 4.26. The van der Waals surface area contributed by atoms with E-state index >= 15 is 0 Å². The van der Waals surface area contributed by atoms with Gasteiger partial charge in [0.15, 0.2) is 0 Å². The Hall–Kier alpha value is -3.91. The number of aromatic nitrogens is 3. The van der Waals surface area contributed by atoms with Crippen LogP contribution in [0.15, 0.2) is 60.9 Å². The number of amides is 2. The number of anilines is 3. The zero-order valence-electron chi connectivity index (χ0n) is 17.8. The third-order valence-electron chi connectivity index (χ3n) is 5.48. The Labute approximate surface area is 185 Å². The van der Waals surface area contributed by atoms with Crippen LogP contribution in [-0.4, -0.2) is 47.3 Å². The fourth-order valence-electron chi connectivity index (χ4n) is 3.77. The van der Waals surface area contributed by atoms with Crippen LogP contribution in [0.3, 0.4) is 0 Å². The van der Waals surface area contributed by atoms with Crippen LogP contribution in [0.25, 0.3) is 22.3 Å². The summed E-state index contributed by atoms with van der Waals surface area (Å²) in [5.41, 5.74) is 5.36. The standard InChI is InChI=1S/C24H24N6O2/c1-16-2-6-18(7-3-16)27-24(31)28-19-8-4-17(5-9-19)21-14-20-22(29-21)25-15-26-23(20)30-10-12-32-13-11-30/h2-9,14-15H,10-13H2,1H3,(H,25,26,29)(H2,27,28,31). The van der Waals surface area contributed by atoms with Gasteiger partial charge in [-0.25, -0.2) is 14.8 Å². The van der Waals surface area contributed by atoms with Crippen molar-refractivity contribution in [3.63, 3.8) is 0 Å². The van der Waals surface area contributed by atoms with Gasteiger partial charge in [-0.1, -0.05) is 29.8 Å². The minimum Gasteiger partial charge on any atom is -0.378 e. The van der Waals surface area contributed by atoms with Crippen molar-refractivity contribution < 1.29 is 9.53 Å². The van der Waals surface area contributed by atoms with Gasteiger partial charge in [0.25, 0.3) is 0 Å². The second-order valence-electron chi connectivity index (χ2n) is 7.76. The maximum absolute atomic E-state index is 12.3. The van der Waals surface area contributed by atoms with Gasteiger partial charge in [-0.05, 0) is 42.8 Å². The Morgan fingerprint density at radius 2 is 1.62 bits per heavy atom. The highest BCUT2D eigenvalue weighted by atomic mass is 16.5. The molecule has 1 aliphatic rings. The Bertz CT molecular complexity index is 1230. The van der Waals surface area contributed by atoms with Crippen molar-refractivity contribution in [1.29, 1.82) is 0 Å². The molecule has 2 aromatic heterocycles. The molecular formula is C24H24N6O2. The lowest BCUT2D eigenvalue weighted by atomic mass is 10.1. The average Bonchev–Trinajstić information content (AvgIpc) is 3.26. The van der Waals surface area contributed by atoms with E-state index < -0.39 is 0 Å². The maximum atomic E-state index is 12.3. The number of nitrogens with one attached hydrogen (secondary N) is 3. The van der Waals surface area contributed by atoms with E-state index in [9.17, 15) is 4.79 Å². The van der Waals surface area contributed by atoms with E-state index in [0.717, 1.165) is 52.4 Å². The van der Waals surface area contributed by atoms with Crippen LogP contribution in [0.5, 0.6) is 0 Å². The van der Waals surface area contributed by atoms with Crippen LogP contribution in [-0.2, 0) is 4.74 Å². The van der Waals surface area contributed by atoms with E-state index in [0.29, 0.717) is 18.9 Å². The summed E-state index contributed by atoms with van der Waals surface area (Å²) in [4.78, 5) is 26.8. The van der Waals surface area contributed by atoms with Gasteiger partial charge < -0.3 is 25.3 Å². The monoisotopic (exact) mass is 428 g/mol. The van der Waals surface area contributed by atoms with Crippen molar-refractivity contribution in [3.05, 3.63) is 66.5 Å². The molecule has 0 radical (unpaired) electrons. The first kappa shape index (κ1) is 20.0. The van der Waals surface area contributed by atoms with Gasteiger partial charge in [-0.3, -0.25) is 0 Å². The van der Waals surface area contributed by atoms with Crippen molar-refractivity contribution >= 4 is 34.3 Å². The van der Waals surface area contributed by atoms with Crippen molar-refractivity contribution in [2.24, 2.45) is 0 Å². The van der Waals surface area contributed by atoms with E-state index in [-0.39, 0.29) is 6.03 Å². The molecule has 0 aliphatic carbocycles. The smallest absolute Gasteiger partial charge is 0.323 e. The number of carbonyl (C=O) groups excluding carboxylic acids is 1. The van der Waals surface area contributed by atoms with E-state index in [1.54, 1.807) is 6.33 Å². The number of benzene rings is 2. The van der Waals surface area contributed by atoms with Crippen LogP contribution in [0.1, 0.15) is 5.56 Å². The van der Waals surface area contributed by atoms with Crippen LogP contribution >= 0.6 is 0 Å². The summed E-state index contributed by atoms with van der Waals surface area (Å²) in [6.07, 6.45) is 1.59. The second-order valence-corrected chi connectivity index (χ2v) is 7.76. The highest BCUT2D eigenvalue weighted by molar-refractivity contribution is 6.00. The highest BCUT2D eigenvalue weighted by Crippen LogP contribution is 2.29. The fourth-order valence-corrected chi connectivity index (χ4v) is 3.77. The van der Waals surface area contributed by atoms with E-state index in [2.05, 4.69) is 36.6 Å². The summed E-state index contributed by atoms with van der Waals surface area (Å²) in [6, 6.07) is 17.2. The number of hydrogen-bond donors (Lipinski definition) is 3. The average molecular weight is 428 g/mol. The molecule has 1 aliphatic heterocycles. The predicted octanol–water partition coefficient (Wildman–Crippen LogP) is 4.41. The SMILES string of the molecule is Cc1ccc(NC(=O)Nc2ccc(-c3cc4c(N5CCOCC5)ncnc4[nH]3)cc2)cc1. The molecule has 5 rings (SSSR count). The molecular weight excluding hydrogens is 404 g/mol. The fraction of sp³-hybridized carbons (Fsp3) is 0.208. The first-order valence-corrected chi connectivity index (χ1v) is 10.6. The number of H-pyrrole nitrogens is 1. The molecule has 2 amide bonds. The molecule has 3 heterocycles. The quantitative estimate of drug-likeness (QED) is 0.447. The molecule has 8 nitrogen and oxygen atoms in total. The number of aromatic amines is 1. The van der Waals surface area contributed by atoms with Crippen molar-refractivity contribution in [3.8, 4) is 11.3 Å². The molecule has 4 aromatic rings. The molecule has 1 saturated heterocycles. The third-order valence-corrected chi connectivity index (χ3v) is 5.48. The summed E-state index contributed by atoms with van der Waals surface area (Å²) >= 11 is 0. The first-order valence-electron chi connectivity index (χ1n) is 10.6. The van der Waals surface area contributed by atoms with Crippen LogP contribution in [0.2, 0.25) is 0 Å². The number of rotatable bonds is 4. The number of carbonyl (C=O) groups is 1. The molecule has 0 bridgehead atoms. The molecule has 0 unspecified atom stereocenters. The number of fused-ring (bicyclic) bond motifs is 1. The molecule has 162 valence electrons. The van der Waals surface area contributed by atoms with Gasteiger partial charge >= 0.3 is 6.03 Å². The molecule has 32 heavy (non-hydrogen) atoms. The highest BCUT2D eigenvalue weighted by Gasteiger charge is 2.17. The van der Waals surface area contributed by atoms with Gasteiger partial charge in [-0.15, -0.1) is 0 Å². The van der Waals surface area contributed by atoms with Gasteiger partial charge in [0.05, 0.1) is 18.6 Å². The first-order chi connectivity index (χ1) is 15.7. The summed E-state index contributed by atoms with van der Waals surface area (Å²) in [5, 5.41) is 6.69. The minimum atomic E-state index is -0.280. The Kier molecular flexibility index (Phi) is 5.43. The predicted molar refractivity (Wildman–Crippen MR) is 126 cm³/mol. The zero-order chi connectivity index (χ0) is 21.9. The van der Waals surface area contributed by atoms with Crippen molar-refractivity contribution in [2.75, 3.05) is 41.8 Å². The zero-order valence-corrected chi connectivity index (χ0v) is 17.8. The Morgan fingerprint density at radius 1 is 0.969 bits per heavy atom. The number of urea groups is 1. The van der Waals surface area contributed by atoms with Crippen LogP contribution in [0.4, 0.5) is 22.0 Å². The molecule has 0 spiro atoms. The van der Waals surface area contributed by atoms with E-state index in [4.69, 9.17) is 4.74 Å². The topological polar surface area (TPSA) is 95.2 Å². The Morgan fingerprint density at radius 3 is 2.31 bits per heavy atom. The minimum absolute atomic E-state index is 0.280. The molecule has 8 heteroatoms. The summed E-state index contributed by atoms with van der Waals surface area (Å²) < 4.78 is 5.46. The number of morpholine rings is 1. The van der Waals surface area contributed by atoms with Gasteiger partial charge in [0.1, 0.15) is 17.8 Å². The summed E-state index contributed by atoms with van der Waals surface area (Å²) in [7, 11) is 0. The number of ether oxygens (including phenoxy) is 1.